The SMILES string of the molecule is Cc1cc2nc(SCC(=O)NCc3ccc(C)c(C)c3)n(C)c(=O)c2[nH]1. The Morgan fingerprint density at radius 1 is 1.23 bits per heavy atom. The highest BCUT2D eigenvalue weighted by Gasteiger charge is 2.12. The molecule has 0 aliphatic rings. The highest BCUT2D eigenvalue weighted by Crippen LogP contribution is 2.17. The molecule has 0 saturated heterocycles. The zero-order chi connectivity index (χ0) is 18.8. The zero-order valence-corrected chi connectivity index (χ0v) is 16.2. The molecule has 136 valence electrons. The lowest BCUT2D eigenvalue weighted by Crippen LogP contribution is -2.26. The average Bonchev–Trinajstić information content (AvgIpc) is 2.98. The van der Waals surface area contributed by atoms with Crippen LogP contribution in [0.4, 0.5) is 0 Å². The van der Waals surface area contributed by atoms with Gasteiger partial charge in [0.25, 0.3) is 5.56 Å². The first-order valence-electron chi connectivity index (χ1n) is 8.37. The van der Waals surface area contributed by atoms with E-state index in [0.717, 1.165) is 11.3 Å². The number of carbonyl (C=O) groups is 1. The predicted molar refractivity (Wildman–Crippen MR) is 105 cm³/mol. The van der Waals surface area contributed by atoms with Gasteiger partial charge in [-0.05, 0) is 43.5 Å². The second-order valence-corrected chi connectivity index (χ2v) is 7.40. The Bertz CT molecular complexity index is 1040. The molecule has 0 radical (unpaired) electrons. The highest BCUT2D eigenvalue weighted by atomic mass is 32.2. The number of nitrogens with one attached hydrogen (secondary N) is 2. The summed E-state index contributed by atoms with van der Waals surface area (Å²) in [6.07, 6.45) is 0. The van der Waals surface area contributed by atoms with E-state index in [1.54, 1.807) is 7.05 Å². The van der Waals surface area contributed by atoms with Crippen LogP contribution in [-0.4, -0.2) is 26.2 Å². The van der Waals surface area contributed by atoms with Gasteiger partial charge in [-0.25, -0.2) is 4.98 Å². The van der Waals surface area contributed by atoms with Crippen molar-refractivity contribution in [2.75, 3.05) is 5.75 Å². The van der Waals surface area contributed by atoms with Gasteiger partial charge in [0.1, 0.15) is 5.52 Å². The number of amides is 1. The lowest BCUT2D eigenvalue weighted by Gasteiger charge is -2.09. The molecule has 0 aliphatic carbocycles. The van der Waals surface area contributed by atoms with Crippen LogP contribution >= 0.6 is 11.8 Å². The number of aromatic nitrogens is 3. The Morgan fingerprint density at radius 3 is 2.73 bits per heavy atom. The minimum atomic E-state index is -0.138. The first kappa shape index (κ1) is 18.3. The first-order chi connectivity index (χ1) is 12.3. The molecule has 3 rings (SSSR count). The zero-order valence-electron chi connectivity index (χ0n) is 15.3. The fourth-order valence-electron chi connectivity index (χ4n) is 2.68. The van der Waals surface area contributed by atoms with E-state index in [1.165, 1.54) is 27.5 Å². The van der Waals surface area contributed by atoms with Crippen molar-refractivity contribution in [3.05, 3.63) is 57.0 Å². The van der Waals surface area contributed by atoms with Crippen LogP contribution in [-0.2, 0) is 18.4 Å². The number of thioether (sulfide) groups is 1. The largest absolute Gasteiger partial charge is 0.353 e. The third-order valence-corrected chi connectivity index (χ3v) is 5.38. The van der Waals surface area contributed by atoms with Gasteiger partial charge < -0.3 is 10.3 Å². The molecule has 1 amide bonds. The Kier molecular flexibility index (Phi) is 5.18. The number of nitrogens with zero attached hydrogens (tertiary/aromatic N) is 2. The molecule has 2 heterocycles. The standard InChI is InChI=1S/C19H22N4O2S/c1-11-5-6-14(7-12(11)2)9-20-16(24)10-26-19-22-15-8-13(3)21-17(15)18(25)23(19)4/h5-8,21H,9-10H2,1-4H3,(H,20,24). The lowest BCUT2D eigenvalue weighted by atomic mass is 10.1. The number of hydrogen-bond donors (Lipinski definition) is 2. The van der Waals surface area contributed by atoms with E-state index in [0.29, 0.717) is 22.7 Å². The average molecular weight is 370 g/mol. The number of carbonyl (C=O) groups excluding carboxylic acids is 1. The molecular weight excluding hydrogens is 348 g/mol. The second-order valence-electron chi connectivity index (χ2n) is 6.46. The summed E-state index contributed by atoms with van der Waals surface area (Å²) >= 11 is 1.26. The minimum Gasteiger partial charge on any atom is -0.353 e. The summed E-state index contributed by atoms with van der Waals surface area (Å²) < 4.78 is 1.47. The summed E-state index contributed by atoms with van der Waals surface area (Å²) in [5, 5.41) is 3.44. The van der Waals surface area contributed by atoms with Crippen LogP contribution in [0.2, 0.25) is 0 Å². The highest BCUT2D eigenvalue weighted by molar-refractivity contribution is 7.99. The lowest BCUT2D eigenvalue weighted by molar-refractivity contribution is -0.118. The molecule has 2 N–H and O–H groups in total. The number of H-pyrrole nitrogens is 1. The van der Waals surface area contributed by atoms with Crippen LogP contribution in [0.1, 0.15) is 22.4 Å². The molecule has 1 aromatic carbocycles. The van der Waals surface area contributed by atoms with Gasteiger partial charge in [0, 0.05) is 19.3 Å². The Morgan fingerprint density at radius 2 is 2.00 bits per heavy atom. The van der Waals surface area contributed by atoms with Crippen LogP contribution in [0, 0.1) is 20.8 Å². The fourth-order valence-corrected chi connectivity index (χ4v) is 3.48. The van der Waals surface area contributed by atoms with Crippen molar-refractivity contribution in [2.45, 2.75) is 32.5 Å². The molecule has 0 spiro atoms. The van der Waals surface area contributed by atoms with Crippen molar-refractivity contribution in [1.29, 1.82) is 0 Å². The van der Waals surface area contributed by atoms with E-state index in [4.69, 9.17) is 0 Å². The van der Waals surface area contributed by atoms with Crippen molar-refractivity contribution in [1.82, 2.24) is 19.9 Å². The predicted octanol–water partition coefficient (Wildman–Crippen LogP) is 2.60. The molecule has 2 aromatic heterocycles. The van der Waals surface area contributed by atoms with Gasteiger partial charge >= 0.3 is 0 Å². The molecular formula is C19H22N4O2S. The maximum Gasteiger partial charge on any atom is 0.278 e. The van der Waals surface area contributed by atoms with E-state index in [2.05, 4.69) is 41.3 Å². The Balaban J connectivity index is 1.64. The van der Waals surface area contributed by atoms with Crippen molar-refractivity contribution in [3.8, 4) is 0 Å². The Labute approximate surface area is 156 Å². The molecule has 7 heteroatoms. The molecule has 0 bridgehead atoms. The van der Waals surface area contributed by atoms with Crippen LogP contribution in [0.15, 0.2) is 34.2 Å². The molecule has 0 aliphatic heterocycles. The number of rotatable bonds is 5. The van der Waals surface area contributed by atoms with Gasteiger partial charge in [-0.1, -0.05) is 30.0 Å². The maximum atomic E-state index is 12.4. The van der Waals surface area contributed by atoms with Crippen molar-refractivity contribution in [2.24, 2.45) is 7.05 Å². The van der Waals surface area contributed by atoms with Crippen LogP contribution in [0.3, 0.4) is 0 Å². The van der Waals surface area contributed by atoms with E-state index < -0.39 is 0 Å². The summed E-state index contributed by atoms with van der Waals surface area (Å²) in [4.78, 5) is 32.0. The number of fused-ring (bicyclic) bond motifs is 1. The number of aromatic amines is 1. The van der Waals surface area contributed by atoms with Gasteiger partial charge in [0.15, 0.2) is 5.16 Å². The van der Waals surface area contributed by atoms with Crippen LogP contribution < -0.4 is 10.9 Å². The third-order valence-electron chi connectivity index (χ3n) is 4.35. The molecule has 3 aromatic rings. The monoisotopic (exact) mass is 370 g/mol. The van der Waals surface area contributed by atoms with Crippen molar-refractivity contribution < 1.29 is 4.79 Å². The number of benzene rings is 1. The van der Waals surface area contributed by atoms with Gasteiger partial charge in [0.2, 0.25) is 5.91 Å². The molecule has 0 atom stereocenters. The number of aryl methyl sites for hydroxylation is 3. The smallest absolute Gasteiger partial charge is 0.278 e. The molecule has 0 saturated carbocycles. The van der Waals surface area contributed by atoms with Crippen molar-refractivity contribution >= 4 is 28.7 Å². The summed E-state index contributed by atoms with van der Waals surface area (Å²) in [6, 6.07) is 7.99. The van der Waals surface area contributed by atoms with Crippen LogP contribution in [0.25, 0.3) is 11.0 Å². The number of hydrogen-bond acceptors (Lipinski definition) is 4. The van der Waals surface area contributed by atoms with Gasteiger partial charge in [-0.3, -0.25) is 14.2 Å². The van der Waals surface area contributed by atoms with Gasteiger partial charge in [0.05, 0.1) is 11.3 Å². The maximum absolute atomic E-state index is 12.4. The molecule has 6 nitrogen and oxygen atoms in total. The summed E-state index contributed by atoms with van der Waals surface area (Å²) in [7, 11) is 1.67. The molecule has 0 unspecified atom stereocenters. The van der Waals surface area contributed by atoms with E-state index >= 15 is 0 Å². The first-order valence-corrected chi connectivity index (χ1v) is 9.35. The second kappa shape index (κ2) is 7.37. The topological polar surface area (TPSA) is 79.8 Å². The third kappa shape index (κ3) is 3.83. The van der Waals surface area contributed by atoms with Crippen molar-refractivity contribution in [3.63, 3.8) is 0 Å². The minimum absolute atomic E-state index is 0.0900. The van der Waals surface area contributed by atoms with Gasteiger partial charge in [-0.15, -0.1) is 0 Å². The van der Waals surface area contributed by atoms with E-state index in [-0.39, 0.29) is 17.2 Å². The summed E-state index contributed by atoms with van der Waals surface area (Å²) in [5.74, 6) is 0.118. The van der Waals surface area contributed by atoms with E-state index in [9.17, 15) is 9.59 Å². The summed E-state index contributed by atoms with van der Waals surface area (Å²) in [6.45, 7) is 6.49. The quantitative estimate of drug-likeness (QED) is 0.534. The molecule has 26 heavy (non-hydrogen) atoms. The Hall–Kier alpha value is -2.54. The van der Waals surface area contributed by atoms with Gasteiger partial charge in [-0.2, -0.15) is 0 Å². The van der Waals surface area contributed by atoms with Crippen LogP contribution in [0.5, 0.6) is 0 Å². The normalized spacial score (nSPS) is 11.1. The fraction of sp³-hybridized carbons (Fsp3) is 0.316. The molecule has 0 fully saturated rings. The van der Waals surface area contributed by atoms with E-state index in [1.807, 2.05) is 19.1 Å². The summed E-state index contributed by atoms with van der Waals surface area (Å²) in [5.41, 5.74) is 5.39.